The number of hydrogen-bond acceptors (Lipinski definition) is 2. The number of aromatic nitrogens is 2. The molecule has 0 aromatic carbocycles. The van der Waals surface area contributed by atoms with Crippen LogP contribution in [0.1, 0.15) is 17.0 Å². The SMILES string of the molecule is FC(F)(F)c1[c]c(CC=Cc2ccc(Cl)cn2)ncc1. The average molecular weight is 298 g/mol. The van der Waals surface area contributed by atoms with Crippen LogP contribution in [0.4, 0.5) is 13.2 Å². The van der Waals surface area contributed by atoms with Crippen molar-refractivity contribution in [1.29, 1.82) is 0 Å². The van der Waals surface area contributed by atoms with E-state index in [2.05, 4.69) is 16.0 Å². The molecular weight excluding hydrogens is 289 g/mol. The molecule has 0 atom stereocenters. The molecule has 1 radical (unpaired) electrons. The zero-order chi connectivity index (χ0) is 14.6. The Hall–Kier alpha value is -1.88. The lowest BCUT2D eigenvalue weighted by Gasteiger charge is -2.06. The number of alkyl halides is 3. The van der Waals surface area contributed by atoms with Crippen molar-refractivity contribution in [3.8, 4) is 0 Å². The van der Waals surface area contributed by atoms with Crippen molar-refractivity contribution in [2.45, 2.75) is 12.6 Å². The predicted octanol–water partition coefficient (Wildman–Crippen LogP) is 4.20. The summed E-state index contributed by atoms with van der Waals surface area (Å²) >= 11 is 5.69. The first-order valence-corrected chi connectivity index (χ1v) is 6.05. The third kappa shape index (κ3) is 4.06. The van der Waals surface area contributed by atoms with E-state index in [0.717, 1.165) is 12.3 Å². The zero-order valence-corrected chi connectivity index (χ0v) is 10.9. The molecule has 0 amide bonds. The number of halogens is 4. The first-order valence-electron chi connectivity index (χ1n) is 5.67. The second-order valence-corrected chi connectivity index (χ2v) is 4.37. The Kier molecular flexibility index (Phi) is 4.39. The summed E-state index contributed by atoms with van der Waals surface area (Å²) in [5.74, 6) is 0. The highest BCUT2D eigenvalue weighted by Crippen LogP contribution is 2.28. The van der Waals surface area contributed by atoms with Gasteiger partial charge in [0.05, 0.1) is 22.0 Å². The number of allylic oxidation sites excluding steroid dienone is 1. The van der Waals surface area contributed by atoms with E-state index in [1.807, 2.05) is 0 Å². The van der Waals surface area contributed by atoms with Gasteiger partial charge in [-0.3, -0.25) is 9.97 Å². The molecule has 0 saturated heterocycles. The van der Waals surface area contributed by atoms with Crippen molar-refractivity contribution in [3.63, 3.8) is 0 Å². The zero-order valence-electron chi connectivity index (χ0n) is 10.2. The van der Waals surface area contributed by atoms with Gasteiger partial charge < -0.3 is 0 Å². The second-order valence-electron chi connectivity index (χ2n) is 3.94. The molecule has 0 N–H and O–H groups in total. The molecule has 0 aliphatic rings. The minimum absolute atomic E-state index is 0.227. The lowest BCUT2D eigenvalue weighted by molar-refractivity contribution is -0.137. The van der Waals surface area contributed by atoms with Crippen LogP contribution in [0.15, 0.2) is 36.7 Å². The Balaban J connectivity index is 2.05. The summed E-state index contributed by atoms with van der Waals surface area (Å²) in [5.41, 5.74) is 0.0759. The van der Waals surface area contributed by atoms with Gasteiger partial charge in [0.1, 0.15) is 0 Å². The van der Waals surface area contributed by atoms with Crippen molar-refractivity contribution in [3.05, 3.63) is 64.7 Å². The van der Waals surface area contributed by atoms with Crippen LogP contribution in [0.2, 0.25) is 5.02 Å². The number of nitrogens with zero attached hydrogens (tertiary/aromatic N) is 2. The van der Waals surface area contributed by atoms with E-state index < -0.39 is 11.7 Å². The molecule has 0 aliphatic heterocycles. The molecule has 20 heavy (non-hydrogen) atoms. The highest BCUT2D eigenvalue weighted by atomic mass is 35.5. The van der Waals surface area contributed by atoms with Crippen LogP contribution in [-0.2, 0) is 12.6 Å². The molecule has 6 heteroatoms. The molecule has 0 unspecified atom stereocenters. The van der Waals surface area contributed by atoms with Gasteiger partial charge in [-0.25, -0.2) is 0 Å². The van der Waals surface area contributed by atoms with E-state index in [1.54, 1.807) is 24.3 Å². The predicted molar refractivity (Wildman–Crippen MR) is 70.1 cm³/mol. The molecule has 0 saturated carbocycles. The van der Waals surface area contributed by atoms with Gasteiger partial charge >= 0.3 is 6.18 Å². The third-order valence-corrected chi connectivity index (χ3v) is 2.63. The first kappa shape index (κ1) is 14.5. The summed E-state index contributed by atoms with van der Waals surface area (Å²) in [6.45, 7) is 0. The highest BCUT2D eigenvalue weighted by Gasteiger charge is 2.30. The molecule has 0 fully saturated rings. The van der Waals surface area contributed by atoms with Crippen LogP contribution >= 0.6 is 11.6 Å². The Labute approximate surface area is 118 Å². The smallest absolute Gasteiger partial charge is 0.260 e. The number of hydrogen-bond donors (Lipinski definition) is 0. The molecule has 0 spiro atoms. The van der Waals surface area contributed by atoms with Crippen LogP contribution < -0.4 is 0 Å². The Morgan fingerprint density at radius 1 is 1.20 bits per heavy atom. The summed E-state index contributed by atoms with van der Waals surface area (Å²) in [5, 5.41) is 0.523. The van der Waals surface area contributed by atoms with E-state index in [9.17, 15) is 13.2 Å². The quantitative estimate of drug-likeness (QED) is 0.848. The summed E-state index contributed by atoms with van der Waals surface area (Å²) < 4.78 is 37.5. The van der Waals surface area contributed by atoms with Gasteiger partial charge in [0, 0.05) is 24.9 Å². The molecule has 2 nitrogen and oxygen atoms in total. The molecule has 2 aromatic heterocycles. The van der Waals surface area contributed by atoms with Gasteiger partial charge in [-0.1, -0.05) is 17.7 Å². The van der Waals surface area contributed by atoms with Crippen molar-refractivity contribution in [1.82, 2.24) is 9.97 Å². The lowest BCUT2D eigenvalue weighted by Crippen LogP contribution is -2.06. The first-order chi connectivity index (χ1) is 9.45. The van der Waals surface area contributed by atoms with Gasteiger partial charge in [-0.15, -0.1) is 0 Å². The summed E-state index contributed by atoms with van der Waals surface area (Å²) in [7, 11) is 0. The van der Waals surface area contributed by atoms with Gasteiger partial charge in [0.25, 0.3) is 0 Å². The van der Waals surface area contributed by atoms with Gasteiger partial charge in [-0.05, 0) is 24.3 Å². The molecule has 2 rings (SSSR count). The standard InChI is InChI=1S/C14H9ClF3N2/c15-11-4-5-12(20-9-11)2-1-3-13-8-10(6-7-19-13)14(16,17)18/h1-2,4-7,9H,3H2. The Morgan fingerprint density at radius 3 is 2.65 bits per heavy atom. The molecule has 2 aromatic rings. The van der Waals surface area contributed by atoms with E-state index in [1.165, 1.54) is 6.20 Å². The summed E-state index contributed by atoms with van der Waals surface area (Å²) in [4.78, 5) is 7.89. The molecule has 2 heterocycles. The molecule has 0 bridgehead atoms. The summed E-state index contributed by atoms with van der Waals surface area (Å²) in [6.07, 6.45) is 1.83. The van der Waals surface area contributed by atoms with Gasteiger partial charge in [0.2, 0.25) is 0 Å². The van der Waals surface area contributed by atoms with Crippen LogP contribution in [0.3, 0.4) is 0 Å². The number of rotatable bonds is 3. The fourth-order valence-electron chi connectivity index (χ4n) is 1.48. The second kappa shape index (κ2) is 6.05. The van der Waals surface area contributed by atoms with Gasteiger partial charge in [-0.2, -0.15) is 13.2 Å². The topological polar surface area (TPSA) is 25.8 Å². The Bertz CT molecular complexity index is 607. The van der Waals surface area contributed by atoms with Crippen LogP contribution in [-0.4, -0.2) is 9.97 Å². The monoisotopic (exact) mass is 297 g/mol. The van der Waals surface area contributed by atoms with E-state index >= 15 is 0 Å². The van der Waals surface area contributed by atoms with E-state index in [0.29, 0.717) is 10.7 Å². The van der Waals surface area contributed by atoms with Crippen LogP contribution in [0.5, 0.6) is 0 Å². The minimum atomic E-state index is -4.40. The van der Waals surface area contributed by atoms with E-state index in [4.69, 9.17) is 11.6 Å². The fourth-order valence-corrected chi connectivity index (χ4v) is 1.59. The highest BCUT2D eigenvalue weighted by molar-refractivity contribution is 6.30. The van der Waals surface area contributed by atoms with Crippen molar-refractivity contribution < 1.29 is 13.2 Å². The third-order valence-electron chi connectivity index (χ3n) is 2.41. The maximum atomic E-state index is 12.5. The molecular formula is C14H9ClF3N2. The van der Waals surface area contributed by atoms with Crippen LogP contribution in [0.25, 0.3) is 6.08 Å². The minimum Gasteiger partial charge on any atom is -0.260 e. The number of pyridine rings is 2. The maximum absolute atomic E-state index is 12.5. The maximum Gasteiger partial charge on any atom is 0.417 e. The van der Waals surface area contributed by atoms with Gasteiger partial charge in [0.15, 0.2) is 0 Å². The summed E-state index contributed by atoms with van der Waals surface area (Å²) in [6, 6.07) is 6.54. The van der Waals surface area contributed by atoms with E-state index in [-0.39, 0.29) is 12.1 Å². The van der Waals surface area contributed by atoms with Crippen molar-refractivity contribution in [2.75, 3.05) is 0 Å². The van der Waals surface area contributed by atoms with Crippen molar-refractivity contribution >= 4 is 17.7 Å². The lowest BCUT2D eigenvalue weighted by atomic mass is 10.2. The fraction of sp³-hybridized carbons (Fsp3) is 0.143. The molecule has 0 aliphatic carbocycles. The van der Waals surface area contributed by atoms with Crippen LogP contribution in [0, 0.1) is 6.07 Å². The van der Waals surface area contributed by atoms with Crippen molar-refractivity contribution in [2.24, 2.45) is 0 Å². The average Bonchev–Trinajstić information content (AvgIpc) is 2.40. The normalized spacial score (nSPS) is 12.0. The molecule has 103 valence electrons. The Morgan fingerprint density at radius 2 is 2.00 bits per heavy atom. The largest absolute Gasteiger partial charge is 0.417 e.